The molecule has 0 spiro atoms. The third kappa shape index (κ3) is 1.72. The van der Waals surface area contributed by atoms with Crippen LogP contribution in [-0.2, 0) is 0 Å². The number of fused-ring (bicyclic) bond motifs is 1. The molecule has 0 unspecified atom stereocenters. The third-order valence-electron chi connectivity index (χ3n) is 2.21. The molecule has 2 rings (SSSR count). The Kier molecular flexibility index (Phi) is 2.31. The lowest BCUT2D eigenvalue weighted by Crippen LogP contribution is -1.79. The maximum Gasteiger partial charge on any atom is -0.00956 e. The molecule has 0 saturated carbocycles. The number of hydrogen-bond acceptors (Lipinski definition) is 0. The molecule has 0 aliphatic carbocycles. The fourth-order valence-electron chi connectivity index (χ4n) is 1.57. The molecule has 65 valence electrons. The summed E-state index contributed by atoms with van der Waals surface area (Å²) in [5, 5.41) is 2.64. The van der Waals surface area contributed by atoms with Crippen LogP contribution >= 0.6 is 0 Å². The minimum absolute atomic E-state index is 1.10. The van der Waals surface area contributed by atoms with Crippen LogP contribution in [0.1, 0.15) is 18.9 Å². The van der Waals surface area contributed by atoms with Crippen molar-refractivity contribution in [2.75, 3.05) is 0 Å². The van der Waals surface area contributed by atoms with E-state index in [2.05, 4.69) is 55.8 Å². The van der Waals surface area contributed by atoms with Gasteiger partial charge in [0.25, 0.3) is 0 Å². The SMILES string of the molecule is CC[CH]c1ccc2ccccc2c1. The molecule has 2 aromatic rings. The zero-order chi connectivity index (χ0) is 9.10. The number of rotatable bonds is 2. The van der Waals surface area contributed by atoms with E-state index in [1.165, 1.54) is 16.3 Å². The molecule has 0 fully saturated rings. The first-order valence-electron chi connectivity index (χ1n) is 4.72. The summed E-state index contributed by atoms with van der Waals surface area (Å²) in [5.41, 5.74) is 1.32. The Balaban J connectivity index is 2.49. The van der Waals surface area contributed by atoms with E-state index < -0.39 is 0 Å². The summed E-state index contributed by atoms with van der Waals surface area (Å²) >= 11 is 0. The lowest BCUT2D eigenvalue weighted by Gasteiger charge is -2.00. The van der Waals surface area contributed by atoms with Crippen LogP contribution in [0.25, 0.3) is 10.8 Å². The van der Waals surface area contributed by atoms with Crippen molar-refractivity contribution in [3.8, 4) is 0 Å². The van der Waals surface area contributed by atoms with E-state index in [-0.39, 0.29) is 0 Å². The predicted molar refractivity (Wildman–Crippen MR) is 57.6 cm³/mol. The second kappa shape index (κ2) is 3.61. The molecule has 0 N–H and O–H groups in total. The Bertz CT molecular complexity index is 401. The second-order valence-electron chi connectivity index (χ2n) is 3.22. The fourth-order valence-corrected chi connectivity index (χ4v) is 1.57. The average Bonchev–Trinajstić information content (AvgIpc) is 2.18. The van der Waals surface area contributed by atoms with Crippen LogP contribution in [0.2, 0.25) is 0 Å². The lowest BCUT2D eigenvalue weighted by atomic mass is 10.0. The standard InChI is InChI=1S/C13H13/c1-2-5-11-8-9-12-6-3-4-7-13(12)10-11/h3-10H,2H2,1H3. The summed E-state index contributed by atoms with van der Waals surface area (Å²) in [5.74, 6) is 0. The molecular formula is C13H13. The van der Waals surface area contributed by atoms with Crippen molar-refractivity contribution in [3.63, 3.8) is 0 Å². The highest BCUT2D eigenvalue weighted by Gasteiger charge is 1.94. The quantitative estimate of drug-likeness (QED) is 0.641. The minimum Gasteiger partial charge on any atom is -0.0648 e. The summed E-state index contributed by atoms with van der Waals surface area (Å²) in [6.07, 6.45) is 3.34. The van der Waals surface area contributed by atoms with E-state index in [4.69, 9.17) is 0 Å². The van der Waals surface area contributed by atoms with Gasteiger partial charge in [0.05, 0.1) is 0 Å². The molecule has 0 bridgehead atoms. The van der Waals surface area contributed by atoms with Crippen LogP contribution in [0.5, 0.6) is 0 Å². The van der Waals surface area contributed by atoms with E-state index >= 15 is 0 Å². The maximum absolute atomic E-state index is 2.24. The fraction of sp³-hybridized carbons (Fsp3) is 0.154. The molecule has 13 heavy (non-hydrogen) atoms. The summed E-state index contributed by atoms with van der Waals surface area (Å²) in [6.45, 7) is 2.16. The topological polar surface area (TPSA) is 0 Å². The van der Waals surface area contributed by atoms with E-state index in [0.717, 1.165) is 6.42 Å². The van der Waals surface area contributed by atoms with E-state index in [9.17, 15) is 0 Å². The molecule has 0 aliphatic heterocycles. The van der Waals surface area contributed by atoms with E-state index in [1.54, 1.807) is 0 Å². The Morgan fingerprint density at radius 3 is 2.54 bits per heavy atom. The first-order chi connectivity index (χ1) is 6.40. The van der Waals surface area contributed by atoms with Gasteiger partial charge in [0, 0.05) is 0 Å². The molecule has 0 heteroatoms. The summed E-state index contributed by atoms with van der Waals surface area (Å²) < 4.78 is 0. The maximum atomic E-state index is 2.24. The summed E-state index contributed by atoms with van der Waals surface area (Å²) in [4.78, 5) is 0. The molecule has 0 amide bonds. The largest absolute Gasteiger partial charge is 0.0648 e. The molecule has 1 radical (unpaired) electrons. The zero-order valence-electron chi connectivity index (χ0n) is 7.83. The smallest absolute Gasteiger partial charge is 0.00956 e. The van der Waals surface area contributed by atoms with Crippen molar-refractivity contribution >= 4 is 10.8 Å². The van der Waals surface area contributed by atoms with Gasteiger partial charge in [-0.25, -0.2) is 0 Å². The molecule has 0 heterocycles. The second-order valence-corrected chi connectivity index (χ2v) is 3.22. The highest BCUT2D eigenvalue weighted by Crippen LogP contribution is 2.17. The molecule has 0 saturated heterocycles. The summed E-state index contributed by atoms with van der Waals surface area (Å²) in [6, 6.07) is 15.0. The van der Waals surface area contributed by atoms with Crippen molar-refractivity contribution < 1.29 is 0 Å². The Hall–Kier alpha value is -1.30. The molecule has 0 aromatic heterocycles. The lowest BCUT2D eigenvalue weighted by molar-refractivity contribution is 1.12. The van der Waals surface area contributed by atoms with Crippen molar-refractivity contribution in [2.45, 2.75) is 13.3 Å². The van der Waals surface area contributed by atoms with Gasteiger partial charge in [-0.1, -0.05) is 49.4 Å². The highest BCUT2D eigenvalue weighted by molar-refractivity contribution is 5.83. The van der Waals surface area contributed by atoms with Gasteiger partial charge in [0.15, 0.2) is 0 Å². The van der Waals surface area contributed by atoms with Gasteiger partial charge in [0.1, 0.15) is 0 Å². The van der Waals surface area contributed by atoms with Gasteiger partial charge in [-0.05, 0) is 29.2 Å². The van der Waals surface area contributed by atoms with E-state index in [1.807, 2.05) is 0 Å². The van der Waals surface area contributed by atoms with Crippen LogP contribution in [0.4, 0.5) is 0 Å². The first kappa shape index (κ1) is 8.31. The predicted octanol–water partition coefficient (Wildman–Crippen LogP) is 3.80. The van der Waals surface area contributed by atoms with Crippen LogP contribution in [0.15, 0.2) is 42.5 Å². The molecular weight excluding hydrogens is 156 g/mol. The third-order valence-corrected chi connectivity index (χ3v) is 2.21. The Labute approximate surface area is 79.2 Å². The molecule has 2 aromatic carbocycles. The zero-order valence-corrected chi connectivity index (χ0v) is 7.83. The average molecular weight is 169 g/mol. The van der Waals surface area contributed by atoms with Crippen LogP contribution in [-0.4, -0.2) is 0 Å². The number of benzene rings is 2. The first-order valence-corrected chi connectivity index (χ1v) is 4.72. The van der Waals surface area contributed by atoms with Gasteiger partial charge >= 0.3 is 0 Å². The van der Waals surface area contributed by atoms with Crippen molar-refractivity contribution in [3.05, 3.63) is 54.4 Å². The van der Waals surface area contributed by atoms with Crippen molar-refractivity contribution in [1.29, 1.82) is 0 Å². The Morgan fingerprint density at radius 2 is 1.77 bits per heavy atom. The minimum atomic E-state index is 1.10. The van der Waals surface area contributed by atoms with Crippen LogP contribution in [0.3, 0.4) is 0 Å². The van der Waals surface area contributed by atoms with Gasteiger partial charge in [0.2, 0.25) is 0 Å². The number of hydrogen-bond donors (Lipinski definition) is 0. The molecule has 0 nitrogen and oxygen atoms in total. The molecule has 0 atom stereocenters. The van der Waals surface area contributed by atoms with Gasteiger partial charge in [-0.3, -0.25) is 0 Å². The van der Waals surface area contributed by atoms with Gasteiger partial charge < -0.3 is 0 Å². The Morgan fingerprint density at radius 1 is 1.00 bits per heavy atom. The van der Waals surface area contributed by atoms with Crippen LogP contribution < -0.4 is 0 Å². The normalized spacial score (nSPS) is 10.5. The van der Waals surface area contributed by atoms with E-state index in [0.29, 0.717) is 0 Å². The van der Waals surface area contributed by atoms with Crippen molar-refractivity contribution in [1.82, 2.24) is 0 Å². The monoisotopic (exact) mass is 169 g/mol. The highest BCUT2D eigenvalue weighted by atomic mass is 14.0. The van der Waals surface area contributed by atoms with Gasteiger partial charge in [-0.15, -0.1) is 0 Å². The van der Waals surface area contributed by atoms with Gasteiger partial charge in [-0.2, -0.15) is 0 Å². The van der Waals surface area contributed by atoms with Crippen molar-refractivity contribution in [2.24, 2.45) is 0 Å². The van der Waals surface area contributed by atoms with Crippen LogP contribution in [0, 0.1) is 6.42 Å². The molecule has 0 aliphatic rings. The summed E-state index contributed by atoms with van der Waals surface area (Å²) in [7, 11) is 0.